The van der Waals surface area contributed by atoms with E-state index in [-0.39, 0.29) is 0 Å². The maximum absolute atomic E-state index is 9.32. The van der Waals surface area contributed by atoms with Gasteiger partial charge in [0.05, 0.1) is 12.7 Å². The van der Waals surface area contributed by atoms with E-state index in [9.17, 15) is 5.11 Å². The van der Waals surface area contributed by atoms with Gasteiger partial charge in [-0.3, -0.25) is 4.90 Å². The maximum atomic E-state index is 9.32. The Balaban J connectivity index is 3.53. The van der Waals surface area contributed by atoms with Crippen molar-refractivity contribution in [3.05, 3.63) is 11.1 Å². The summed E-state index contributed by atoms with van der Waals surface area (Å²) in [6, 6.07) is 0. The van der Waals surface area contributed by atoms with E-state index < -0.39 is 6.10 Å². The van der Waals surface area contributed by atoms with Crippen LogP contribution in [0.4, 0.5) is 0 Å². The van der Waals surface area contributed by atoms with E-state index in [0.717, 1.165) is 11.0 Å². The Bertz CT molecular complexity index is 141. The van der Waals surface area contributed by atoms with Crippen molar-refractivity contribution in [2.75, 3.05) is 33.9 Å². The van der Waals surface area contributed by atoms with Crippen LogP contribution in [0.3, 0.4) is 0 Å². The first kappa shape index (κ1) is 12.1. The third-order valence-electron chi connectivity index (χ3n) is 1.32. The van der Waals surface area contributed by atoms with Gasteiger partial charge in [-0.1, -0.05) is 22.5 Å². The molecule has 0 aliphatic heterocycles. The van der Waals surface area contributed by atoms with Crippen molar-refractivity contribution in [3.8, 4) is 0 Å². The van der Waals surface area contributed by atoms with Gasteiger partial charge in [-0.15, -0.1) is 0 Å². The van der Waals surface area contributed by atoms with E-state index in [4.69, 9.17) is 4.74 Å². The average Bonchev–Trinajstić information content (AvgIpc) is 1.84. The Kier molecular flexibility index (Phi) is 6.65. The number of aliphatic hydroxyl groups is 1. The standard InChI is InChI=1S/C8H16BrNO2/c1-7(9)4-10(2)5-8(11)6-12-3/h8,11H,1,4-6H2,2-3H3. The molecule has 0 radical (unpaired) electrons. The van der Waals surface area contributed by atoms with E-state index in [0.29, 0.717) is 13.2 Å². The van der Waals surface area contributed by atoms with Gasteiger partial charge in [-0.25, -0.2) is 0 Å². The van der Waals surface area contributed by atoms with Crippen LogP contribution in [0.5, 0.6) is 0 Å². The van der Waals surface area contributed by atoms with Gasteiger partial charge in [-0.2, -0.15) is 0 Å². The van der Waals surface area contributed by atoms with Gasteiger partial charge >= 0.3 is 0 Å². The molecule has 12 heavy (non-hydrogen) atoms. The summed E-state index contributed by atoms with van der Waals surface area (Å²) in [7, 11) is 3.50. The normalized spacial score (nSPS) is 13.4. The van der Waals surface area contributed by atoms with E-state index in [2.05, 4.69) is 22.5 Å². The van der Waals surface area contributed by atoms with E-state index in [1.165, 1.54) is 0 Å². The topological polar surface area (TPSA) is 32.7 Å². The highest BCUT2D eigenvalue weighted by Gasteiger charge is 2.07. The molecule has 0 fully saturated rings. The summed E-state index contributed by atoms with van der Waals surface area (Å²) in [6.45, 7) is 5.42. The average molecular weight is 238 g/mol. The molecule has 0 aliphatic rings. The van der Waals surface area contributed by atoms with E-state index in [1.807, 2.05) is 11.9 Å². The molecule has 1 unspecified atom stereocenters. The zero-order valence-electron chi connectivity index (χ0n) is 7.59. The van der Waals surface area contributed by atoms with Gasteiger partial charge in [0.2, 0.25) is 0 Å². The van der Waals surface area contributed by atoms with Crippen LogP contribution >= 0.6 is 15.9 Å². The predicted octanol–water partition coefficient (Wildman–Crippen LogP) is 0.834. The van der Waals surface area contributed by atoms with Crippen LogP contribution in [0.1, 0.15) is 0 Å². The van der Waals surface area contributed by atoms with Crippen molar-refractivity contribution in [1.82, 2.24) is 4.90 Å². The zero-order chi connectivity index (χ0) is 9.56. The molecule has 1 N–H and O–H groups in total. The highest BCUT2D eigenvalue weighted by atomic mass is 79.9. The van der Waals surface area contributed by atoms with Crippen molar-refractivity contribution in [2.45, 2.75) is 6.10 Å². The van der Waals surface area contributed by atoms with Crippen molar-refractivity contribution in [1.29, 1.82) is 0 Å². The Morgan fingerprint density at radius 3 is 2.75 bits per heavy atom. The Labute approximate surface area is 82.1 Å². The number of aliphatic hydroxyl groups excluding tert-OH is 1. The van der Waals surface area contributed by atoms with Gasteiger partial charge in [0.15, 0.2) is 0 Å². The van der Waals surface area contributed by atoms with E-state index in [1.54, 1.807) is 7.11 Å². The molecule has 0 aromatic rings. The van der Waals surface area contributed by atoms with Gasteiger partial charge in [0, 0.05) is 24.7 Å². The quantitative estimate of drug-likeness (QED) is 0.744. The van der Waals surface area contributed by atoms with E-state index >= 15 is 0 Å². The number of nitrogens with zero attached hydrogens (tertiary/aromatic N) is 1. The SMILES string of the molecule is C=C(Br)CN(C)CC(O)COC. The number of rotatable bonds is 6. The molecule has 0 saturated heterocycles. The Morgan fingerprint density at radius 1 is 1.75 bits per heavy atom. The number of hydrogen-bond donors (Lipinski definition) is 1. The predicted molar refractivity (Wildman–Crippen MR) is 53.4 cm³/mol. The van der Waals surface area contributed by atoms with Gasteiger partial charge in [0.1, 0.15) is 0 Å². The molecule has 0 aliphatic carbocycles. The minimum atomic E-state index is -0.424. The molecule has 0 aromatic carbocycles. The second-order valence-corrected chi connectivity index (χ2v) is 3.94. The number of ether oxygens (including phenoxy) is 1. The van der Waals surface area contributed by atoms with Crippen LogP contribution in [0, 0.1) is 0 Å². The lowest BCUT2D eigenvalue weighted by atomic mass is 10.3. The van der Waals surface area contributed by atoms with Gasteiger partial charge < -0.3 is 9.84 Å². The largest absolute Gasteiger partial charge is 0.389 e. The van der Waals surface area contributed by atoms with Crippen LogP contribution < -0.4 is 0 Å². The Morgan fingerprint density at radius 2 is 2.33 bits per heavy atom. The summed E-state index contributed by atoms with van der Waals surface area (Å²) in [6.07, 6.45) is -0.424. The molecule has 3 nitrogen and oxygen atoms in total. The fourth-order valence-electron chi connectivity index (χ4n) is 0.962. The molecule has 0 bridgehead atoms. The molecule has 0 aromatic heterocycles. The van der Waals surface area contributed by atoms with Crippen LogP contribution in [0.25, 0.3) is 0 Å². The van der Waals surface area contributed by atoms with Crippen LogP contribution in [-0.2, 0) is 4.74 Å². The molecule has 1 atom stereocenters. The number of likely N-dealkylation sites (N-methyl/N-ethyl adjacent to an activating group) is 1. The molecule has 0 amide bonds. The minimum absolute atomic E-state index is 0.374. The van der Waals surface area contributed by atoms with Crippen molar-refractivity contribution in [3.63, 3.8) is 0 Å². The molecule has 72 valence electrons. The first-order chi connectivity index (χ1) is 5.56. The molecular weight excluding hydrogens is 222 g/mol. The summed E-state index contributed by atoms with van der Waals surface area (Å²) in [5.41, 5.74) is 0. The smallest absolute Gasteiger partial charge is 0.0900 e. The second kappa shape index (κ2) is 6.60. The fourth-order valence-corrected chi connectivity index (χ4v) is 1.39. The second-order valence-electron chi connectivity index (χ2n) is 2.82. The van der Waals surface area contributed by atoms with Crippen LogP contribution in [0.15, 0.2) is 11.1 Å². The molecule has 0 rings (SSSR count). The van der Waals surface area contributed by atoms with Crippen molar-refractivity contribution in [2.24, 2.45) is 0 Å². The lowest BCUT2D eigenvalue weighted by Gasteiger charge is -2.19. The summed E-state index contributed by atoms with van der Waals surface area (Å²) in [5, 5.41) is 9.32. The van der Waals surface area contributed by atoms with Gasteiger partial charge in [-0.05, 0) is 7.05 Å². The molecule has 4 heteroatoms. The summed E-state index contributed by atoms with van der Waals surface area (Å²) in [5.74, 6) is 0. The monoisotopic (exact) mass is 237 g/mol. The summed E-state index contributed by atoms with van der Waals surface area (Å²) >= 11 is 3.25. The third-order valence-corrected chi connectivity index (χ3v) is 1.57. The number of halogens is 1. The summed E-state index contributed by atoms with van der Waals surface area (Å²) < 4.78 is 5.71. The zero-order valence-corrected chi connectivity index (χ0v) is 9.17. The lowest BCUT2D eigenvalue weighted by Crippen LogP contribution is -2.32. The van der Waals surface area contributed by atoms with Crippen molar-refractivity contribution < 1.29 is 9.84 Å². The first-order valence-electron chi connectivity index (χ1n) is 3.75. The first-order valence-corrected chi connectivity index (χ1v) is 4.54. The summed E-state index contributed by atoms with van der Waals surface area (Å²) in [4.78, 5) is 1.97. The Hall–Kier alpha value is 0.1000. The number of hydrogen-bond acceptors (Lipinski definition) is 3. The minimum Gasteiger partial charge on any atom is -0.389 e. The molecule has 0 heterocycles. The molecule has 0 spiro atoms. The fraction of sp³-hybridized carbons (Fsp3) is 0.750. The molecule has 0 saturated carbocycles. The van der Waals surface area contributed by atoms with Gasteiger partial charge in [0.25, 0.3) is 0 Å². The van der Waals surface area contributed by atoms with Crippen molar-refractivity contribution >= 4 is 15.9 Å². The third kappa shape index (κ3) is 6.79. The molecular formula is C8H16BrNO2. The highest BCUT2D eigenvalue weighted by Crippen LogP contribution is 2.02. The van der Waals surface area contributed by atoms with Crippen LogP contribution in [-0.4, -0.2) is 50.0 Å². The maximum Gasteiger partial charge on any atom is 0.0900 e. The highest BCUT2D eigenvalue weighted by molar-refractivity contribution is 9.11. The van der Waals surface area contributed by atoms with Crippen LogP contribution in [0.2, 0.25) is 0 Å². The number of methoxy groups -OCH3 is 1. The lowest BCUT2D eigenvalue weighted by molar-refractivity contribution is 0.0453.